The molecule has 2 fully saturated rings. The topological polar surface area (TPSA) is 433 Å². The molecular weight excluding hydrogens is 1420 g/mol. The molecule has 0 radical (unpaired) electrons. The van der Waals surface area contributed by atoms with Crippen molar-refractivity contribution in [3.63, 3.8) is 0 Å². The van der Waals surface area contributed by atoms with Gasteiger partial charge in [-0.3, -0.25) is 52.5 Å². The Morgan fingerprint density at radius 1 is 0.724 bits per heavy atom. The number of rotatable bonds is 43. The zero-order valence-corrected chi connectivity index (χ0v) is 62.5. The summed E-state index contributed by atoms with van der Waals surface area (Å²) in [6, 6.07) is 8.90. The number of nitrogens with zero attached hydrogens (tertiary/aromatic N) is 1. The monoisotopic (exact) mass is 1520 g/mol. The molecule has 0 spiro atoms. The highest BCUT2D eigenvalue weighted by Crippen LogP contribution is 2.45. The van der Waals surface area contributed by atoms with Crippen molar-refractivity contribution in [1.82, 2.24) is 42.3 Å². The van der Waals surface area contributed by atoms with E-state index in [1.807, 2.05) is 32.9 Å². The first kappa shape index (κ1) is 87.5. The van der Waals surface area contributed by atoms with Gasteiger partial charge in [-0.15, -0.1) is 5.06 Å². The molecule has 32 nitrogen and oxygen atoms in total. The van der Waals surface area contributed by atoms with Gasteiger partial charge in [0.2, 0.25) is 41.4 Å². The summed E-state index contributed by atoms with van der Waals surface area (Å²) in [6.45, 7) is 13.7. The maximum Gasteiger partial charge on any atom is 0.347 e. The Labute approximate surface area is 617 Å². The predicted octanol–water partition coefficient (Wildman–Crippen LogP) is 3.28. The molecule has 0 aliphatic carbocycles. The van der Waals surface area contributed by atoms with E-state index < -0.39 is 141 Å². The van der Waals surface area contributed by atoms with Crippen LogP contribution in [-0.4, -0.2) is 211 Å². The number of hydroxylamine groups is 2. The number of benzene rings is 2. The number of ether oxygens (including phenoxy) is 8. The summed E-state index contributed by atoms with van der Waals surface area (Å²) in [5.41, 5.74) is 0.746. The van der Waals surface area contributed by atoms with E-state index in [0.29, 0.717) is 39.8 Å². The van der Waals surface area contributed by atoms with Crippen LogP contribution < -0.4 is 42.0 Å². The second-order valence-corrected chi connectivity index (χ2v) is 29.0. The number of unbranched alkanes of at least 4 members (excludes halogenated alkanes) is 1. The lowest BCUT2D eigenvalue weighted by atomic mass is 9.92. The standard InChI is InChI=1S/C71H103ClN8O24S/c1-44(2)39-55-69(91)101-53(14-11-15-58(83)77-52(41-48-20-23-54(96-8)50(72)40-48)67(89)76-43-71(6,7)70(92)102-55)46(5)64-65(103-64)49-21-18-47(19-22-49)42-75-66(88)51(78-68(90)63(45(3)4)79-59(84)16-12-17-62(87)104-80-60(85)24-25-61(80)86)13-9-10-28-73-56(81)26-30-97-32-34-99-36-37-100-35-33-98-31-27-57(82)74-29-38-105(93,94)95/h11,15,18-23,40,44-46,51-53,55,63-65H,9-10,12-14,16-17,24-39,41-43H2,1-8H3,(H,73,81)(H,74,82)(H,75,88)(H,76,89)(H,77,83)(H,78,90)(H,79,84)(H,93,94,95)/b15-11-/t46-,51-,52+,53-,55-,63-,64+,65+/m0/s1. The first-order valence-corrected chi connectivity index (χ1v) is 37.3. The Balaban J connectivity index is 1.15. The lowest BCUT2D eigenvalue weighted by Crippen LogP contribution is -2.55. The molecule has 105 heavy (non-hydrogen) atoms. The number of hydrogen-bond donors (Lipinski definition) is 8. The van der Waals surface area contributed by atoms with Crippen molar-refractivity contribution < 1.29 is 113 Å². The Hall–Kier alpha value is -8.18. The Bertz CT molecular complexity index is 3400. The van der Waals surface area contributed by atoms with E-state index in [9.17, 15) is 66.0 Å². The van der Waals surface area contributed by atoms with Gasteiger partial charge in [-0.05, 0) is 92.7 Å². The van der Waals surface area contributed by atoms with Gasteiger partial charge in [-0.25, -0.2) is 9.59 Å². The number of nitrogens with one attached hydrogen (secondary N) is 7. The van der Waals surface area contributed by atoms with Crippen LogP contribution in [0.4, 0.5) is 0 Å². The molecule has 9 amide bonds. The lowest BCUT2D eigenvalue weighted by Gasteiger charge is -2.29. The van der Waals surface area contributed by atoms with Crippen molar-refractivity contribution in [1.29, 1.82) is 0 Å². The molecule has 2 saturated heterocycles. The van der Waals surface area contributed by atoms with E-state index in [-0.39, 0.29) is 161 Å². The first-order chi connectivity index (χ1) is 49.8. The fraction of sp³-hybridized carbons (Fsp3) is 0.634. The Morgan fingerprint density at radius 2 is 1.33 bits per heavy atom. The van der Waals surface area contributed by atoms with Crippen LogP contribution in [-0.2, 0) is 119 Å². The molecule has 0 aromatic heterocycles. The summed E-state index contributed by atoms with van der Waals surface area (Å²) in [5.74, 6) is -8.58. The summed E-state index contributed by atoms with van der Waals surface area (Å²) < 4.78 is 75.5. The molecule has 3 heterocycles. The number of epoxide rings is 1. The van der Waals surface area contributed by atoms with Crippen LogP contribution in [0.2, 0.25) is 5.02 Å². The molecule has 3 aliphatic heterocycles. The van der Waals surface area contributed by atoms with E-state index in [1.165, 1.54) is 19.3 Å². The van der Waals surface area contributed by atoms with Crippen LogP contribution >= 0.6 is 11.6 Å². The average Bonchev–Trinajstić information content (AvgIpc) is 1.63. The van der Waals surface area contributed by atoms with Crippen LogP contribution in [0.5, 0.6) is 5.75 Å². The highest BCUT2D eigenvalue weighted by atomic mass is 35.5. The largest absolute Gasteiger partial charge is 0.495 e. The molecule has 2 aromatic rings. The highest BCUT2D eigenvalue weighted by molar-refractivity contribution is 7.85. The van der Waals surface area contributed by atoms with Gasteiger partial charge in [0.15, 0.2) is 6.10 Å². The molecule has 34 heteroatoms. The minimum atomic E-state index is -4.16. The average molecular weight is 1520 g/mol. The van der Waals surface area contributed by atoms with Crippen molar-refractivity contribution >= 4 is 92.8 Å². The van der Waals surface area contributed by atoms with Gasteiger partial charge >= 0.3 is 17.9 Å². The van der Waals surface area contributed by atoms with Crippen LogP contribution in [0, 0.1) is 23.2 Å². The third kappa shape index (κ3) is 32.6. The number of carbonyl (C=O) groups excluding carboxylic acids is 12. The molecule has 8 N–H and O–H groups in total. The third-order valence-electron chi connectivity index (χ3n) is 16.9. The highest BCUT2D eigenvalue weighted by Gasteiger charge is 2.48. The first-order valence-electron chi connectivity index (χ1n) is 35.3. The number of halogens is 1. The number of hydrogen-bond acceptors (Lipinski definition) is 23. The molecule has 0 unspecified atom stereocenters. The number of cyclic esters (lactones) is 2. The Kier molecular flexibility index (Phi) is 37.2. The summed E-state index contributed by atoms with van der Waals surface area (Å²) >= 11 is 6.41. The van der Waals surface area contributed by atoms with Gasteiger partial charge in [0.1, 0.15) is 36.1 Å². The maximum atomic E-state index is 14.1. The minimum Gasteiger partial charge on any atom is -0.495 e. The summed E-state index contributed by atoms with van der Waals surface area (Å²) in [6.07, 6.45) is 0.147. The quantitative estimate of drug-likeness (QED) is 0.0155. The van der Waals surface area contributed by atoms with Crippen molar-refractivity contribution in [2.24, 2.45) is 23.2 Å². The van der Waals surface area contributed by atoms with Gasteiger partial charge in [-0.2, -0.15) is 8.42 Å². The maximum absolute atomic E-state index is 14.1. The number of imide groups is 1. The molecule has 2 aromatic carbocycles. The van der Waals surface area contributed by atoms with Gasteiger partial charge in [-0.1, -0.05) is 82.6 Å². The number of esters is 2. The minimum absolute atomic E-state index is 0.00888. The number of amides is 9. The summed E-state index contributed by atoms with van der Waals surface area (Å²) in [7, 11) is -2.69. The number of methoxy groups -OCH3 is 1. The molecule has 5 rings (SSSR count). The molecule has 3 aliphatic rings. The normalized spacial score (nSPS) is 19.8. The van der Waals surface area contributed by atoms with Gasteiger partial charge < -0.3 is 80.0 Å². The van der Waals surface area contributed by atoms with Gasteiger partial charge in [0.25, 0.3) is 21.9 Å². The molecule has 0 saturated carbocycles. The van der Waals surface area contributed by atoms with E-state index in [2.05, 4.69) is 37.2 Å². The van der Waals surface area contributed by atoms with Gasteiger partial charge in [0.05, 0.1) is 82.3 Å². The van der Waals surface area contributed by atoms with Crippen molar-refractivity contribution in [2.75, 3.05) is 85.4 Å². The van der Waals surface area contributed by atoms with Crippen molar-refractivity contribution in [3.05, 3.63) is 76.3 Å². The van der Waals surface area contributed by atoms with E-state index in [1.54, 1.807) is 58.0 Å². The second kappa shape index (κ2) is 44.7. The summed E-state index contributed by atoms with van der Waals surface area (Å²) in [5, 5.41) is 19.8. The number of carbonyl (C=O) groups is 12. The molecular formula is C71H103ClN8O24S. The van der Waals surface area contributed by atoms with E-state index >= 15 is 0 Å². The fourth-order valence-electron chi connectivity index (χ4n) is 10.8. The zero-order valence-electron chi connectivity index (χ0n) is 60.9. The van der Waals surface area contributed by atoms with Crippen LogP contribution in [0.1, 0.15) is 148 Å². The SMILES string of the molecule is COc1ccc(C[C@H]2NC(=O)/C=C\C[C@@H]([C@H](C)[C@H]3O[C@@H]3c3ccc(CNC(=O)[C@H](CCCCNC(=O)CCOCCOCCOCCOCCC(=O)NCCS(=O)(=O)O)NC(=O)[C@@H](NC(=O)CCCC(=O)ON4C(=O)CCC4=O)C(C)C)cc3)OC(=O)[C@H](CC(C)C)OC(=O)C(C)(C)CNC2=O)cc1Cl. The molecule has 584 valence electrons. The zero-order chi connectivity index (χ0) is 77.2. The van der Waals surface area contributed by atoms with Crippen molar-refractivity contribution in [3.8, 4) is 5.75 Å². The lowest BCUT2D eigenvalue weighted by molar-refractivity contribution is -0.197. The second-order valence-electron chi connectivity index (χ2n) is 27.0. The van der Waals surface area contributed by atoms with Crippen LogP contribution in [0.15, 0.2) is 54.6 Å². The summed E-state index contributed by atoms with van der Waals surface area (Å²) in [4.78, 5) is 162. The molecule has 8 atom stereocenters. The predicted molar refractivity (Wildman–Crippen MR) is 377 cm³/mol. The van der Waals surface area contributed by atoms with Crippen molar-refractivity contribution in [2.45, 2.75) is 181 Å². The third-order valence-corrected chi connectivity index (χ3v) is 17.9. The van der Waals surface area contributed by atoms with E-state index in [0.717, 1.165) is 5.56 Å². The van der Waals surface area contributed by atoms with Crippen LogP contribution in [0.25, 0.3) is 0 Å². The van der Waals surface area contributed by atoms with E-state index in [4.69, 9.17) is 58.9 Å². The fourth-order valence-corrected chi connectivity index (χ4v) is 11.4. The Morgan fingerprint density at radius 3 is 1.92 bits per heavy atom. The van der Waals surface area contributed by atoms with Crippen LogP contribution in [0.3, 0.4) is 0 Å². The smallest absolute Gasteiger partial charge is 0.347 e. The molecule has 0 bridgehead atoms. The van der Waals surface area contributed by atoms with Gasteiger partial charge in [0, 0.05) is 83.5 Å².